The molecule has 124 valence electrons. The smallest absolute Gasteiger partial charge is 0.223 e. The maximum atomic E-state index is 5.80. The van der Waals surface area contributed by atoms with Crippen molar-refractivity contribution in [3.05, 3.63) is 24.3 Å². The minimum atomic E-state index is 0.228. The first kappa shape index (κ1) is 15.6. The topological polar surface area (TPSA) is 98.9 Å². The highest BCUT2D eigenvalue weighted by atomic mass is 15.2. The Morgan fingerprint density at radius 3 is 2.96 bits per heavy atom. The number of imidazole rings is 1. The third-order valence-electron chi connectivity index (χ3n) is 4.36. The van der Waals surface area contributed by atoms with Crippen LogP contribution in [0.25, 0.3) is 0 Å². The van der Waals surface area contributed by atoms with Crippen LogP contribution < -0.4 is 16.4 Å². The Kier molecular flexibility index (Phi) is 4.64. The molecule has 0 amide bonds. The molecule has 0 bridgehead atoms. The summed E-state index contributed by atoms with van der Waals surface area (Å²) in [6, 6.07) is 1.79. The maximum Gasteiger partial charge on any atom is 0.223 e. The highest BCUT2D eigenvalue weighted by Crippen LogP contribution is 2.29. The Balaban J connectivity index is 1.77. The second kappa shape index (κ2) is 6.85. The lowest BCUT2D eigenvalue weighted by atomic mass is 9.97. The van der Waals surface area contributed by atoms with Crippen molar-refractivity contribution in [2.75, 3.05) is 29.5 Å². The lowest BCUT2D eigenvalue weighted by Gasteiger charge is -2.33. The number of rotatable bonds is 5. The van der Waals surface area contributed by atoms with Crippen molar-refractivity contribution in [3.8, 4) is 0 Å². The van der Waals surface area contributed by atoms with E-state index < -0.39 is 0 Å². The summed E-state index contributed by atoms with van der Waals surface area (Å²) < 4.78 is 2.29. The van der Waals surface area contributed by atoms with Crippen LogP contribution in [0.15, 0.2) is 18.5 Å². The predicted molar refractivity (Wildman–Crippen MR) is 92.2 cm³/mol. The molecule has 4 N–H and O–H groups in total. The Morgan fingerprint density at radius 2 is 2.17 bits per heavy atom. The first-order valence-corrected chi connectivity index (χ1v) is 8.33. The van der Waals surface area contributed by atoms with Crippen LogP contribution in [0, 0.1) is 0 Å². The molecular weight excluding hydrogens is 290 g/mol. The van der Waals surface area contributed by atoms with Crippen molar-refractivity contribution in [1.29, 1.82) is 0 Å². The number of nitrogen functional groups attached to an aromatic ring is 2. The standard InChI is InChI=1S/C16H25N7/c1-2-3-7-22-9-6-19-15(22)12-5-4-8-23(11-12)14-10-13(17)20-16(18)21-14/h6,9-10,12H,2-5,7-8,11H2,1H3,(H4,17,18,20,21)/t12-/m1/s1. The van der Waals surface area contributed by atoms with Crippen LogP contribution >= 0.6 is 0 Å². The third-order valence-corrected chi connectivity index (χ3v) is 4.36. The number of nitrogens with two attached hydrogens (primary N) is 2. The number of unbranched alkanes of at least 4 members (excludes halogenated alkanes) is 1. The molecule has 0 aromatic carbocycles. The van der Waals surface area contributed by atoms with Crippen LogP contribution in [0.4, 0.5) is 17.6 Å². The fourth-order valence-electron chi connectivity index (χ4n) is 3.23. The fourth-order valence-corrected chi connectivity index (χ4v) is 3.23. The quantitative estimate of drug-likeness (QED) is 0.876. The molecule has 1 fully saturated rings. The summed E-state index contributed by atoms with van der Waals surface area (Å²) >= 11 is 0. The Morgan fingerprint density at radius 1 is 1.30 bits per heavy atom. The molecule has 0 unspecified atom stereocenters. The average molecular weight is 315 g/mol. The highest BCUT2D eigenvalue weighted by Gasteiger charge is 2.25. The monoisotopic (exact) mass is 315 g/mol. The molecule has 2 aromatic rings. The minimum absolute atomic E-state index is 0.228. The van der Waals surface area contributed by atoms with Crippen molar-refractivity contribution in [2.45, 2.75) is 45.1 Å². The number of hydrogen-bond donors (Lipinski definition) is 2. The van der Waals surface area contributed by atoms with Gasteiger partial charge in [-0.2, -0.15) is 9.97 Å². The van der Waals surface area contributed by atoms with Gasteiger partial charge in [0.05, 0.1) is 0 Å². The van der Waals surface area contributed by atoms with Gasteiger partial charge in [0.2, 0.25) is 5.95 Å². The highest BCUT2D eigenvalue weighted by molar-refractivity contribution is 5.50. The second-order valence-electron chi connectivity index (χ2n) is 6.13. The molecule has 1 aliphatic heterocycles. The van der Waals surface area contributed by atoms with E-state index in [9.17, 15) is 0 Å². The van der Waals surface area contributed by atoms with Gasteiger partial charge in [0.25, 0.3) is 0 Å². The number of anilines is 3. The number of hydrogen-bond acceptors (Lipinski definition) is 6. The summed E-state index contributed by atoms with van der Waals surface area (Å²) in [5, 5.41) is 0. The van der Waals surface area contributed by atoms with Gasteiger partial charge in [-0.15, -0.1) is 0 Å². The van der Waals surface area contributed by atoms with E-state index in [1.165, 1.54) is 18.7 Å². The van der Waals surface area contributed by atoms with Gasteiger partial charge in [-0.25, -0.2) is 4.98 Å². The molecule has 1 saturated heterocycles. The molecule has 7 nitrogen and oxygen atoms in total. The SMILES string of the molecule is CCCCn1ccnc1[C@@H]1CCCN(c2cc(N)nc(N)n2)C1. The summed E-state index contributed by atoms with van der Waals surface area (Å²) in [4.78, 5) is 15.1. The largest absolute Gasteiger partial charge is 0.383 e. The van der Waals surface area contributed by atoms with E-state index in [0.29, 0.717) is 11.7 Å². The first-order valence-electron chi connectivity index (χ1n) is 8.33. The molecule has 0 saturated carbocycles. The zero-order valence-electron chi connectivity index (χ0n) is 13.6. The number of nitrogens with zero attached hydrogens (tertiary/aromatic N) is 5. The average Bonchev–Trinajstić information content (AvgIpc) is 3.00. The Labute approximate surface area is 136 Å². The molecule has 0 spiro atoms. The molecule has 23 heavy (non-hydrogen) atoms. The van der Waals surface area contributed by atoms with Crippen molar-refractivity contribution in [2.24, 2.45) is 0 Å². The Hall–Kier alpha value is -2.31. The molecule has 0 radical (unpaired) electrons. The summed E-state index contributed by atoms with van der Waals surface area (Å²) in [5.41, 5.74) is 11.5. The van der Waals surface area contributed by atoms with E-state index >= 15 is 0 Å². The van der Waals surface area contributed by atoms with E-state index in [1.807, 2.05) is 6.20 Å². The van der Waals surface area contributed by atoms with E-state index in [4.69, 9.17) is 11.5 Å². The number of aryl methyl sites for hydroxylation is 1. The van der Waals surface area contributed by atoms with Crippen molar-refractivity contribution in [3.63, 3.8) is 0 Å². The van der Waals surface area contributed by atoms with Crippen LogP contribution in [0.5, 0.6) is 0 Å². The lowest BCUT2D eigenvalue weighted by molar-refractivity contribution is 0.464. The molecule has 0 aliphatic carbocycles. The van der Waals surface area contributed by atoms with E-state index in [-0.39, 0.29) is 5.95 Å². The zero-order valence-corrected chi connectivity index (χ0v) is 13.6. The van der Waals surface area contributed by atoms with Gasteiger partial charge in [-0.3, -0.25) is 0 Å². The number of piperidine rings is 1. The fraction of sp³-hybridized carbons (Fsp3) is 0.562. The molecule has 7 heteroatoms. The van der Waals surface area contributed by atoms with Crippen molar-refractivity contribution < 1.29 is 0 Å². The molecular formula is C16H25N7. The van der Waals surface area contributed by atoms with Crippen LogP contribution in [0.3, 0.4) is 0 Å². The first-order chi connectivity index (χ1) is 11.2. The van der Waals surface area contributed by atoms with Gasteiger partial charge >= 0.3 is 0 Å². The summed E-state index contributed by atoms with van der Waals surface area (Å²) in [5.74, 6) is 3.04. The van der Waals surface area contributed by atoms with Crippen LogP contribution in [0.2, 0.25) is 0 Å². The van der Waals surface area contributed by atoms with Gasteiger partial charge in [-0.05, 0) is 19.3 Å². The van der Waals surface area contributed by atoms with E-state index in [0.717, 1.165) is 38.3 Å². The number of aromatic nitrogens is 4. The van der Waals surface area contributed by atoms with E-state index in [2.05, 4.69) is 37.5 Å². The van der Waals surface area contributed by atoms with Crippen LogP contribution in [-0.2, 0) is 6.54 Å². The predicted octanol–water partition coefficient (Wildman–Crippen LogP) is 2.02. The molecule has 1 aliphatic rings. The minimum Gasteiger partial charge on any atom is -0.383 e. The summed E-state index contributed by atoms with van der Waals surface area (Å²) in [7, 11) is 0. The molecule has 3 heterocycles. The van der Waals surface area contributed by atoms with Crippen molar-refractivity contribution >= 4 is 17.6 Å². The zero-order chi connectivity index (χ0) is 16.2. The summed E-state index contributed by atoms with van der Waals surface area (Å²) in [6.45, 7) is 5.10. The van der Waals surface area contributed by atoms with Crippen LogP contribution in [0.1, 0.15) is 44.3 Å². The summed E-state index contributed by atoms with van der Waals surface area (Å²) in [6.07, 6.45) is 8.62. The normalized spacial score (nSPS) is 18.3. The third kappa shape index (κ3) is 3.55. The maximum absolute atomic E-state index is 5.80. The van der Waals surface area contributed by atoms with Gasteiger partial charge in [0, 0.05) is 44.0 Å². The van der Waals surface area contributed by atoms with Crippen LogP contribution in [-0.4, -0.2) is 32.6 Å². The second-order valence-corrected chi connectivity index (χ2v) is 6.13. The van der Waals surface area contributed by atoms with Crippen molar-refractivity contribution in [1.82, 2.24) is 19.5 Å². The van der Waals surface area contributed by atoms with Gasteiger partial charge in [0.1, 0.15) is 17.5 Å². The molecule has 3 rings (SSSR count). The Bertz CT molecular complexity index is 631. The molecule has 1 atom stereocenters. The van der Waals surface area contributed by atoms with Gasteiger partial charge < -0.3 is 20.9 Å². The lowest BCUT2D eigenvalue weighted by Crippen LogP contribution is -2.36. The van der Waals surface area contributed by atoms with Gasteiger partial charge in [-0.1, -0.05) is 13.3 Å². The molecule has 2 aromatic heterocycles. The van der Waals surface area contributed by atoms with Gasteiger partial charge in [0.15, 0.2) is 0 Å². The van der Waals surface area contributed by atoms with E-state index in [1.54, 1.807) is 6.07 Å².